The summed E-state index contributed by atoms with van der Waals surface area (Å²) in [6.45, 7) is -0.162. The molecule has 2 heterocycles. The first-order valence-corrected chi connectivity index (χ1v) is 12.6. The highest BCUT2D eigenvalue weighted by Crippen LogP contribution is 2.19. The summed E-state index contributed by atoms with van der Waals surface area (Å²) in [4.78, 5) is 64.4. The highest BCUT2D eigenvalue weighted by atomic mass is 16.4. The molecule has 40 heavy (non-hydrogen) atoms. The molecule has 0 saturated heterocycles. The number of carboxylic acid groups (broad SMARTS) is 1. The molecular formula is C25H34N10O5. The molecule has 0 aliphatic rings. The number of benzene rings is 1. The standard InChI is InChI=1S/C25H34N10O5/c26-10-21(36)33-19(9-15-12-29-13-32-15)23(38)34-18(6-3-7-30-25(27)28)22(37)35-20(24(39)40)8-14-11-31-17-5-2-1-4-16(14)17/h1-2,4-5,11-13,18-20,31H,3,6-10,26H2,(H,29,32)(H,33,36)(H,34,38)(H,35,37)(H,39,40)(H4,27,28,30). The summed E-state index contributed by atoms with van der Waals surface area (Å²) in [7, 11) is 0. The second kappa shape index (κ2) is 14.3. The van der Waals surface area contributed by atoms with Gasteiger partial charge in [-0.2, -0.15) is 0 Å². The maximum Gasteiger partial charge on any atom is 0.326 e. The first kappa shape index (κ1) is 29.6. The zero-order valence-corrected chi connectivity index (χ0v) is 21.7. The van der Waals surface area contributed by atoms with Gasteiger partial charge in [0.25, 0.3) is 0 Å². The van der Waals surface area contributed by atoms with Gasteiger partial charge in [0, 0.05) is 48.4 Å². The van der Waals surface area contributed by atoms with E-state index in [1.807, 2.05) is 24.3 Å². The first-order chi connectivity index (χ1) is 19.2. The number of guanidine groups is 1. The number of aromatic amines is 2. The number of nitrogens with two attached hydrogens (primary N) is 3. The SMILES string of the molecule is NCC(=O)NC(Cc1cnc[nH]1)C(=O)NC(CCCN=C(N)N)C(=O)NC(Cc1c[nH]c2ccccc12)C(=O)O. The number of carbonyl (C=O) groups is 4. The zero-order valence-electron chi connectivity index (χ0n) is 21.7. The summed E-state index contributed by atoms with van der Waals surface area (Å²) in [5.74, 6) is -3.31. The summed E-state index contributed by atoms with van der Waals surface area (Å²) < 4.78 is 0. The number of nitrogens with one attached hydrogen (secondary N) is 5. The van der Waals surface area contributed by atoms with Crippen molar-refractivity contribution < 1.29 is 24.3 Å². The number of carboxylic acids is 1. The largest absolute Gasteiger partial charge is 0.480 e. The smallest absolute Gasteiger partial charge is 0.326 e. The molecule has 0 aliphatic carbocycles. The number of nitrogens with zero attached hydrogens (tertiary/aromatic N) is 2. The fourth-order valence-corrected chi connectivity index (χ4v) is 4.12. The van der Waals surface area contributed by atoms with E-state index in [0.29, 0.717) is 17.7 Å². The molecule has 1 aromatic carbocycles. The number of aliphatic carboxylic acids is 1. The molecule has 12 N–H and O–H groups in total. The van der Waals surface area contributed by atoms with Crippen LogP contribution in [0.4, 0.5) is 0 Å². The third-order valence-electron chi connectivity index (χ3n) is 6.11. The second-order valence-electron chi connectivity index (χ2n) is 9.08. The van der Waals surface area contributed by atoms with Crippen molar-refractivity contribution >= 4 is 40.6 Å². The summed E-state index contributed by atoms with van der Waals surface area (Å²) >= 11 is 0. The van der Waals surface area contributed by atoms with Crippen molar-refractivity contribution in [1.82, 2.24) is 30.9 Å². The van der Waals surface area contributed by atoms with Crippen molar-refractivity contribution in [2.45, 2.75) is 43.8 Å². The van der Waals surface area contributed by atoms with E-state index in [9.17, 15) is 24.3 Å². The van der Waals surface area contributed by atoms with Crippen LogP contribution in [0, 0.1) is 0 Å². The second-order valence-corrected chi connectivity index (χ2v) is 9.08. The molecule has 3 atom stereocenters. The lowest BCUT2D eigenvalue weighted by Crippen LogP contribution is -2.57. The number of amides is 3. The third-order valence-corrected chi connectivity index (χ3v) is 6.11. The average molecular weight is 555 g/mol. The summed E-state index contributed by atoms with van der Waals surface area (Å²) in [6, 6.07) is 3.89. The van der Waals surface area contributed by atoms with Gasteiger partial charge in [0.15, 0.2) is 5.96 Å². The molecule has 3 amide bonds. The van der Waals surface area contributed by atoms with E-state index in [0.717, 1.165) is 10.9 Å². The van der Waals surface area contributed by atoms with Crippen LogP contribution in [0.3, 0.4) is 0 Å². The van der Waals surface area contributed by atoms with E-state index in [2.05, 4.69) is 35.9 Å². The maximum atomic E-state index is 13.3. The quantitative estimate of drug-likeness (QED) is 0.0584. The van der Waals surface area contributed by atoms with Crippen molar-refractivity contribution in [2.24, 2.45) is 22.2 Å². The van der Waals surface area contributed by atoms with Gasteiger partial charge in [-0.15, -0.1) is 0 Å². The van der Waals surface area contributed by atoms with Crippen LogP contribution in [0.1, 0.15) is 24.1 Å². The molecule has 0 fully saturated rings. The summed E-state index contributed by atoms with van der Waals surface area (Å²) in [5.41, 5.74) is 18.3. The Labute approximate surface area is 229 Å². The van der Waals surface area contributed by atoms with Gasteiger partial charge in [0.05, 0.1) is 12.9 Å². The number of H-pyrrole nitrogens is 2. The van der Waals surface area contributed by atoms with Crippen molar-refractivity contribution in [3.8, 4) is 0 Å². The van der Waals surface area contributed by atoms with Crippen molar-refractivity contribution in [2.75, 3.05) is 13.1 Å². The summed E-state index contributed by atoms with van der Waals surface area (Å²) in [6.07, 6.45) is 5.08. The minimum atomic E-state index is -1.28. The molecular weight excluding hydrogens is 520 g/mol. The maximum absolute atomic E-state index is 13.3. The average Bonchev–Trinajstić information content (AvgIpc) is 3.59. The minimum Gasteiger partial charge on any atom is -0.480 e. The van der Waals surface area contributed by atoms with Crippen molar-refractivity contribution in [1.29, 1.82) is 0 Å². The normalized spacial score (nSPS) is 13.1. The summed E-state index contributed by atoms with van der Waals surface area (Å²) in [5, 5.41) is 18.4. The molecule has 0 aliphatic heterocycles. The predicted molar refractivity (Wildman–Crippen MR) is 147 cm³/mol. The Morgan fingerprint density at radius 1 is 0.975 bits per heavy atom. The molecule has 2 aromatic heterocycles. The van der Waals surface area contributed by atoms with Crippen LogP contribution in [-0.2, 0) is 32.0 Å². The number of aliphatic imine (C=N–C) groups is 1. The number of fused-ring (bicyclic) bond motifs is 1. The fourth-order valence-electron chi connectivity index (χ4n) is 4.12. The van der Waals surface area contributed by atoms with Crippen LogP contribution in [0.5, 0.6) is 0 Å². The topological polar surface area (TPSA) is 259 Å². The molecule has 3 aromatic rings. The fraction of sp³-hybridized carbons (Fsp3) is 0.360. The third kappa shape index (κ3) is 8.56. The number of aromatic nitrogens is 3. The van der Waals surface area contributed by atoms with Crippen molar-refractivity contribution in [3.05, 3.63) is 54.2 Å². The Morgan fingerprint density at radius 3 is 2.38 bits per heavy atom. The minimum absolute atomic E-state index is 0.00869. The number of hydrogen-bond acceptors (Lipinski definition) is 7. The molecule has 0 radical (unpaired) electrons. The van der Waals surface area contributed by atoms with Crippen molar-refractivity contribution in [3.63, 3.8) is 0 Å². The Morgan fingerprint density at radius 2 is 1.70 bits per heavy atom. The van der Waals surface area contributed by atoms with E-state index < -0.39 is 41.8 Å². The number of carbonyl (C=O) groups excluding carboxylic acids is 3. The van der Waals surface area contributed by atoms with Crippen LogP contribution >= 0.6 is 0 Å². The van der Waals surface area contributed by atoms with Gasteiger partial charge < -0.3 is 48.2 Å². The first-order valence-electron chi connectivity index (χ1n) is 12.6. The molecule has 15 nitrogen and oxygen atoms in total. The monoisotopic (exact) mass is 554 g/mol. The zero-order chi connectivity index (χ0) is 29.1. The molecule has 3 rings (SSSR count). The lowest BCUT2D eigenvalue weighted by Gasteiger charge is -2.24. The van der Waals surface area contributed by atoms with Crippen LogP contribution in [0.2, 0.25) is 0 Å². The Balaban J connectivity index is 1.77. The van der Waals surface area contributed by atoms with Gasteiger partial charge in [-0.05, 0) is 24.5 Å². The van der Waals surface area contributed by atoms with E-state index >= 15 is 0 Å². The van der Waals surface area contributed by atoms with E-state index in [1.54, 1.807) is 6.20 Å². The number of imidazole rings is 1. The highest BCUT2D eigenvalue weighted by Gasteiger charge is 2.30. The predicted octanol–water partition coefficient (Wildman–Crippen LogP) is -1.77. The molecule has 0 saturated carbocycles. The molecule has 15 heteroatoms. The van der Waals surface area contributed by atoms with Gasteiger partial charge in [-0.1, -0.05) is 18.2 Å². The molecule has 0 bridgehead atoms. The van der Waals surface area contributed by atoms with E-state index in [1.165, 1.54) is 12.5 Å². The van der Waals surface area contributed by atoms with Gasteiger partial charge >= 0.3 is 5.97 Å². The van der Waals surface area contributed by atoms with Crippen LogP contribution in [0.25, 0.3) is 10.9 Å². The lowest BCUT2D eigenvalue weighted by atomic mass is 10.0. The molecule has 214 valence electrons. The van der Waals surface area contributed by atoms with Gasteiger partial charge in [0.2, 0.25) is 17.7 Å². The van der Waals surface area contributed by atoms with Crippen LogP contribution in [-0.4, -0.2) is 80.9 Å². The number of rotatable bonds is 15. The van der Waals surface area contributed by atoms with Gasteiger partial charge in [-0.25, -0.2) is 9.78 Å². The number of hydrogen-bond donors (Lipinski definition) is 9. The Kier molecular flexibility index (Phi) is 10.6. The Bertz CT molecular complexity index is 1330. The number of para-hydroxylation sites is 1. The van der Waals surface area contributed by atoms with E-state index in [4.69, 9.17) is 17.2 Å². The van der Waals surface area contributed by atoms with Crippen LogP contribution in [0.15, 0.2) is 48.0 Å². The highest BCUT2D eigenvalue weighted by molar-refractivity contribution is 5.94. The van der Waals surface area contributed by atoms with Gasteiger partial charge in [0.1, 0.15) is 18.1 Å². The molecule has 3 unspecified atom stereocenters. The van der Waals surface area contributed by atoms with Crippen LogP contribution < -0.4 is 33.2 Å². The van der Waals surface area contributed by atoms with Gasteiger partial charge in [-0.3, -0.25) is 19.4 Å². The molecule has 0 spiro atoms. The van der Waals surface area contributed by atoms with E-state index in [-0.39, 0.29) is 38.3 Å². The lowest BCUT2D eigenvalue weighted by molar-refractivity contribution is -0.142. The Hall–Kier alpha value is -4.92.